The lowest BCUT2D eigenvalue weighted by Gasteiger charge is -2.32. The number of hydrogen-bond acceptors (Lipinski definition) is 2. The highest BCUT2D eigenvalue weighted by Gasteiger charge is 2.32. The van der Waals surface area contributed by atoms with E-state index in [9.17, 15) is 4.79 Å². The Balaban J connectivity index is 1.73. The molecular weight excluding hydrogens is 212 g/mol. The molecule has 2 fully saturated rings. The average Bonchev–Trinajstić information content (AvgIpc) is 3.14. The van der Waals surface area contributed by atoms with Gasteiger partial charge in [-0.3, -0.25) is 4.79 Å². The predicted molar refractivity (Wildman–Crippen MR) is 69.8 cm³/mol. The molecule has 17 heavy (non-hydrogen) atoms. The fourth-order valence-electron chi connectivity index (χ4n) is 2.55. The van der Waals surface area contributed by atoms with Crippen LogP contribution in [-0.2, 0) is 4.79 Å². The van der Waals surface area contributed by atoms with E-state index < -0.39 is 0 Å². The Labute approximate surface area is 104 Å². The van der Waals surface area contributed by atoms with Crippen LogP contribution in [0.1, 0.15) is 46.0 Å². The SMILES string of the molecule is CCC=C(C)C(=O)NC1CCN(C2CC2)CC1. The number of rotatable bonds is 4. The molecule has 0 atom stereocenters. The zero-order valence-electron chi connectivity index (χ0n) is 11.0. The summed E-state index contributed by atoms with van der Waals surface area (Å²) in [5.74, 6) is 0.122. The Hall–Kier alpha value is -0.830. The van der Waals surface area contributed by atoms with Crippen LogP contribution in [0.5, 0.6) is 0 Å². The van der Waals surface area contributed by atoms with Crippen molar-refractivity contribution < 1.29 is 4.79 Å². The molecule has 0 aromatic rings. The first-order valence-electron chi connectivity index (χ1n) is 6.92. The van der Waals surface area contributed by atoms with Crippen molar-refractivity contribution in [3.05, 3.63) is 11.6 Å². The minimum atomic E-state index is 0.122. The third-order valence-corrected chi connectivity index (χ3v) is 3.80. The Morgan fingerprint density at radius 3 is 2.47 bits per heavy atom. The van der Waals surface area contributed by atoms with Gasteiger partial charge in [-0.25, -0.2) is 0 Å². The normalized spacial score (nSPS) is 23.8. The average molecular weight is 236 g/mol. The number of allylic oxidation sites excluding steroid dienone is 1. The summed E-state index contributed by atoms with van der Waals surface area (Å²) in [4.78, 5) is 14.4. The summed E-state index contributed by atoms with van der Waals surface area (Å²) in [7, 11) is 0. The maximum absolute atomic E-state index is 11.8. The monoisotopic (exact) mass is 236 g/mol. The zero-order chi connectivity index (χ0) is 12.3. The van der Waals surface area contributed by atoms with Crippen LogP contribution >= 0.6 is 0 Å². The number of carbonyl (C=O) groups excluding carboxylic acids is 1. The smallest absolute Gasteiger partial charge is 0.246 e. The molecule has 0 aromatic carbocycles. The van der Waals surface area contributed by atoms with E-state index in [1.54, 1.807) is 0 Å². The van der Waals surface area contributed by atoms with Crippen LogP contribution in [0.2, 0.25) is 0 Å². The Bertz CT molecular complexity index is 299. The molecule has 1 N–H and O–H groups in total. The van der Waals surface area contributed by atoms with Gasteiger partial charge in [0.1, 0.15) is 0 Å². The largest absolute Gasteiger partial charge is 0.350 e. The van der Waals surface area contributed by atoms with Crippen molar-refractivity contribution in [2.24, 2.45) is 0 Å². The quantitative estimate of drug-likeness (QED) is 0.758. The van der Waals surface area contributed by atoms with E-state index in [2.05, 4.69) is 17.1 Å². The van der Waals surface area contributed by atoms with E-state index >= 15 is 0 Å². The molecule has 1 heterocycles. The van der Waals surface area contributed by atoms with Crippen molar-refractivity contribution in [1.29, 1.82) is 0 Å². The van der Waals surface area contributed by atoms with E-state index in [1.807, 2.05) is 13.0 Å². The maximum Gasteiger partial charge on any atom is 0.246 e. The van der Waals surface area contributed by atoms with Crippen LogP contribution < -0.4 is 5.32 Å². The molecule has 0 spiro atoms. The van der Waals surface area contributed by atoms with Gasteiger partial charge in [0.15, 0.2) is 0 Å². The van der Waals surface area contributed by atoms with E-state index in [4.69, 9.17) is 0 Å². The van der Waals surface area contributed by atoms with E-state index in [0.29, 0.717) is 6.04 Å². The Morgan fingerprint density at radius 1 is 1.29 bits per heavy atom. The van der Waals surface area contributed by atoms with Gasteiger partial charge in [0, 0.05) is 30.7 Å². The molecule has 1 aliphatic carbocycles. The molecule has 1 amide bonds. The standard InChI is InChI=1S/C14H24N2O/c1-3-4-11(2)14(17)15-12-7-9-16(10-8-12)13-5-6-13/h4,12-13H,3,5-10H2,1-2H3,(H,15,17). The summed E-state index contributed by atoms with van der Waals surface area (Å²) in [6.07, 6.45) is 7.92. The van der Waals surface area contributed by atoms with Crippen molar-refractivity contribution in [2.75, 3.05) is 13.1 Å². The third-order valence-electron chi connectivity index (χ3n) is 3.80. The van der Waals surface area contributed by atoms with Gasteiger partial charge in [0.05, 0.1) is 0 Å². The topological polar surface area (TPSA) is 32.3 Å². The number of nitrogens with zero attached hydrogens (tertiary/aromatic N) is 1. The number of nitrogens with one attached hydrogen (secondary N) is 1. The zero-order valence-corrected chi connectivity index (χ0v) is 11.0. The van der Waals surface area contributed by atoms with Gasteiger partial charge in [-0.2, -0.15) is 0 Å². The summed E-state index contributed by atoms with van der Waals surface area (Å²) in [5, 5.41) is 3.15. The second-order valence-corrected chi connectivity index (χ2v) is 5.31. The summed E-state index contributed by atoms with van der Waals surface area (Å²) in [6, 6.07) is 1.26. The lowest BCUT2D eigenvalue weighted by atomic mass is 10.0. The predicted octanol–water partition coefficient (Wildman–Crippen LogP) is 2.09. The van der Waals surface area contributed by atoms with Crippen LogP contribution in [0.4, 0.5) is 0 Å². The molecule has 0 aromatic heterocycles. The van der Waals surface area contributed by atoms with Crippen molar-refractivity contribution >= 4 is 5.91 Å². The minimum Gasteiger partial charge on any atom is -0.350 e. The molecule has 2 rings (SSSR count). The Kier molecular flexibility index (Phi) is 4.21. The van der Waals surface area contributed by atoms with Crippen molar-refractivity contribution in [2.45, 2.75) is 58.0 Å². The highest BCUT2D eigenvalue weighted by atomic mass is 16.1. The first-order chi connectivity index (χ1) is 8.20. The third kappa shape index (κ3) is 3.56. The number of hydrogen-bond donors (Lipinski definition) is 1. The summed E-state index contributed by atoms with van der Waals surface area (Å²) >= 11 is 0. The van der Waals surface area contributed by atoms with Crippen molar-refractivity contribution in [3.8, 4) is 0 Å². The molecule has 1 saturated heterocycles. The number of likely N-dealkylation sites (tertiary alicyclic amines) is 1. The first kappa shape index (κ1) is 12.6. The fraction of sp³-hybridized carbons (Fsp3) is 0.786. The van der Waals surface area contributed by atoms with Gasteiger partial charge in [0.25, 0.3) is 0 Å². The molecule has 3 heteroatoms. The van der Waals surface area contributed by atoms with Gasteiger partial charge < -0.3 is 10.2 Å². The molecule has 0 bridgehead atoms. The van der Waals surface area contributed by atoms with Crippen LogP contribution in [0.15, 0.2) is 11.6 Å². The molecule has 0 unspecified atom stereocenters. The Morgan fingerprint density at radius 2 is 1.94 bits per heavy atom. The van der Waals surface area contributed by atoms with E-state index in [1.165, 1.54) is 12.8 Å². The highest BCUT2D eigenvalue weighted by molar-refractivity contribution is 5.92. The lowest BCUT2D eigenvalue weighted by molar-refractivity contribution is -0.118. The van der Waals surface area contributed by atoms with E-state index in [-0.39, 0.29) is 5.91 Å². The van der Waals surface area contributed by atoms with Crippen molar-refractivity contribution in [1.82, 2.24) is 10.2 Å². The molecule has 1 saturated carbocycles. The lowest BCUT2D eigenvalue weighted by Crippen LogP contribution is -2.45. The van der Waals surface area contributed by atoms with Gasteiger partial charge in [-0.05, 0) is 39.0 Å². The summed E-state index contributed by atoms with van der Waals surface area (Å²) in [5.41, 5.74) is 0.858. The van der Waals surface area contributed by atoms with Gasteiger partial charge in [-0.1, -0.05) is 13.0 Å². The van der Waals surface area contributed by atoms with Crippen LogP contribution in [-0.4, -0.2) is 36.0 Å². The van der Waals surface area contributed by atoms with Crippen LogP contribution in [0.3, 0.4) is 0 Å². The molecule has 1 aliphatic heterocycles. The molecule has 0 radical (unpaired) electrons. The van der Waals surface area contributed by atoms with Crippen LogP contribution in [0.25, 0.3) is 0 Å². The summed E-state index contributed by atoms with van der Waals surface area (Å²) in [6.45, 7) is 6.28. The summed E-state index contributed by atoms with van der Waals surface area (Å²) < 4.78 is 0. The molecule has 2 aliphatic rings. The minimum absolute atomic E-state index is 0.122. The number of piperidine rings is 1. The van der Waals surface area contributed by atoms with Gasteiger partial charge >= 0.3 is 0 Å². The molecule has 3 nitrogen and oxygen atoms in total. The number of carbonyl (C=O) groups is 1. The fourth-order valence-corrected chi connectivity index (χ4v) is 2.55. The maximum atomic E-state index is 11.8. The molecular formula is C14H24N2O. The van der Waals surface area contributed by atoms with Gasteiger partial charge in [-0.15, -0.1) is 0 Å². The number of amides is 1. The van der Waals surface area contributed by atoms with Crippen molar-refractivity contribution in [3.63, 3.8) is 0 Å². The second kappa shape index (κ2) is 5.67. The molecule has 96 valence electrons. The highest BCUT2D eigenvalue weighted by Crippen LogP contribution is 2.29. The van der Waals surface area contributed by atoms with Gasteiger partial charge in [0.2, 0.25) is 5.91 Å². The first-order valence-corrected chi connectivity index (χ1v) is 6.92. The second-order valence-electron chi connectivity index (χ2n) is 5.31. The van der Waals surface area contributed by atoms with E-state index in [0.717, 1.165) is 44.0 Å². The van der Waals surface area contributed by atoms with Crippen LogP contribution in [0, 0.1) is 0 Å².